The molecule has 0 spiro atoms. The van der Waals surface area contributed by atoms with Crippen molar-refractivity contribution in [1.82, 2.24) is 5.32 Å². The van der Waals surface area contributed by atoms with Gasteiger partial charge in [0.15, 0.2) is 0 Å². The third-order valence-electron chi connectivity index (χ3n) is 5.64. The summed E-state index contributed by atoms with van der Waals surface area (Å²) < 4.78 is 0. The van der Waals surface area contributed by atoms with Crippen LogP contribution in [0, 0.1) is 5.92 Å². The monoisotopic (exact) mass is 381 g/mol. The predicted octanol–water partition coefficient (Wildman–Crippen LogP) is 4.30. The Morgan fingerprint density at radius 1 is 0.714 bits per heavy atom. The van der Waals surface area contributed by atoms with Crippen LogP contribution in [0.5, 0.6) is 0 Å². The molecule has 2 unspecified atom stereocenters. The summed E-state index contributed by atoms with van der Waals surface area (Å²) in [5.74, 6) is 0.518. The molecule has 28 heavy (non-hydrogen) atoms. The Morgan fingerprint density at radius 2 is 1.21 bits per heavy atom. The maximum Gasteiger partial charge on any atom is 0.0165 e. The number of aryl methyl sites for hydroxylation is 2. The summed E-state index contributed by atoms with van der Waals surface area (Å²) in [6, 6.07) is 22.4. The summed E-state index contributed by atoms with van der Waals surface area (Å²) in [5, 5.41) is 3.75. The standard InChI is InChI=1S/C25H39N3/c1-20(2)25(27)18-15-23(26)19-28-24(16-13-21-9-5-3-6-10-21)17-14-22-11-7-4-8-12-22/h3-12,20,23-25,28H,13-19,26-27H2,1-2H3. The van der Waals surface area contributed by atoms with Crippen molar-refractivity contribution in [3.05, 3.63) is 71.8 Å². The molecule has 0 aliphatic rings. The van der Waals surface area contributed by atoms with Crippen molar-refractivity contribution in [2.75, 3.05) is 6.54 Å². The summed E-state index contributed by atoms with van der Waals surface area (Å²) in [6.07, 6.45) is 6.45. The fraction of sp³-hybridized carbons (Fsp3) is 0.520. The van der Waals surface area contributed by atoms with Crippen molar-refractivity contribution in [1.29, 1.82) is 0 Å². The van der Waals surface area contributed by atoms with Gasteiger partial charge in [0.05, 0.1) is 0 Å². The van der Waals surface area contributed by atoms with Crippen molar-refractivity contribution in [2.45, 2.75) is 70.5 Å². The number of benzene rings is 2. The van der Waals surface area contributed by atoms with E-state index in [1.54, 1.807) is 0 Å². The molecular weight excluding hydrogens is 342 g/mol. The van der Waals surface area contributed by atoms with Crippen molar-refractivity contribution in [2.24, 2.45) is 17.4 Å². The lowest BCUT2D eigenvalue weighted by Crippen LogP contribution is -2.41. The predicted molar refractivity (Wildman–Crippen MR) is 121 cm³/mol. The topological polar surface area (TPSA) is 64.1 Å². The summed E-state index contributed by atoms with van der Waals surface area (Å²) in [4.78, 5) is 0. The molecule has 0 aromatic heterocycles. The van der Waals surface area contributed by atoms with Crippen LogP contribution in [-0.2, 0) is 12.8 Å². The highest BCUT2D eigenvalue weighted by Gasteiger charge is 2.13. The van der Waals surface area contributed by atoms with Crippen molar-refractivity contribution in [3.8, 4) is 0 Å². The quantitative estimate of drug-likeness (QED) is 0.485. The number of rotatable bonds is 13. The van der Waals surface area contributed by atoms with E-state index in [4.69, 9.17) is 11.5 Å². The Labute approximate surface area is 171 Å². The summed E-state index contributed by atoms with van der Waals surface area (Å²) in [5.41, 5.74) is 15.3. The van der Waals surface area contributed by atoms with Gasteiger partial charge in [0.25, 0.3) is 0 Å². The second-order valence-corrected chi connectivity index (χ2v) is 8.40. The van der Waals surface area contributed by atoms with Crippen molar-refractivity contribution >= 4 is 0 Å². The van der Waals surface area contributed by atoms with Crippen LogP contribution in [0.1, 0.15) is 50.7 Å². The van der Waals surface area contributed by atoms with Gasteiger partial charge in [-0.25, -0.2) is 0 Å². The molecule has 0 aliphatic heterocycles. The SMILES string of the molecule is CC(C)C(N)CCC(N)CNC(CCc1ccccc1)CCc1ccccc1. The van der Waals surface area contributed by atoms with Crippen LogP contribution in [0.25, 0.3) is 0 Å². The minimum Gasteiger partial charge on any atom is -0.327 e. The zero-order chi connectivity index (χ0) is 20.2. The van der Waals surface area contributed by atoms with E-state index in [2.05, 4.69) is 79.8 Å². The summed E-state index contributed by atoms with van der Waals surface area (Å²) >= 11 is 0. The number of nitrogens with one attached hydrogen (secondary N) is 1. The molecule has 2 aromatic rings. The molecule has 3 heteroatoms. The normalized spacial score (nSPS) is 13.8. The zero-order valence-electron chi connectivity index (χ0n) is 17.7. The lowest BCUT2D eigenvalue weighted by atomic mass is 9.97. The van der Waals surface area contributed by atoms with Gasteiger partial charge in [0.2, 0.25) is 0 Å². The van der Waals surface area contributed by atoms with E-state index in [1.807, 2.05) is 0 Å². The third-order valence-corrected chi connectivity index (χ3v) is 5.64. The first-order chi connectivity index (χ1) is 13.5. The van der Waals surface area contributed by atoms with Crippen LogP contribution in [0.15, 0.2) is 60.7 Å². The van der Waals surface area contributed by atoms with E-state index in [1.165, 1.54) is 11.1 Å². The fourth-order valence-electron chi connectivity index (χ4n) is 3.48. The Kier molecular flexibility index (Phi) is 10.3. The number of nitrogens with two attached hydrogens (primary N) is 2. The molecule has 0 bridgehead atoms. The van der Waals surface area contributed by atoms with E-state index in [0.717, 1.165) is 45.1 Å². The van der Waals surface area contributed by atoms with Gasteiger partial charge in [0, 0.05) is 24.7 Å². The zero-order valence-corrected chi connectivity index (χ0v) is 17.7. The van der Waals surface area contributed by atoms with Crippen LogP contribution in [0.2, 0.25) is 0 Å². The molecule has 0 heterocycles. The van der Waals surface area contributed by atoms with E-state index >= 15 is 0 Å². The lowest BCUT2D eigenvalue weighted by Gasteiger charge is -2.23. The first-order valence-electron chi connectivity index (χ1n) is 10.9. The Balaban J connectivity index is 1.82. The largest absolute Gasteiger partial charge is 0.327 e. The Hall–Kier alpha value is -1.68. The van der Waals surface area contributed by atoms with E-state index in [0.29, 0.717) is 12.0 Å². The van der Waals surface area contributed by atoms with Crippen LogP contribution >= 0.6 is 0 Å². The van der Waals surface area contributed by atoms with Crippen LogP contribution in [0.3, 0.4) is 0 Å². The van der Waals surface area contributed by atoms with Crippen LogP contribution in [0.4, 0.5) is 0 Å². The highest BCUT2D eigenvalue weighted by molar-refractivity contribution is 5.16. The van der Waals surface area contributed by atoms with Gasteiger partial charge in [0.1, 0.15) is 0 Å². The first-order valence-corrected chi connectivity index (χ1v) is 10.9. The maximum atomic E-state index is 6.37. The van der Waals surface area contributed by atoms with E-state index in [-0.39, 0.29) is 12.1 Å². The van der Waals surface area contributed by atoms with Gasteiger partial charge in [-0.2, -0.15) is 0 Å². The van der Waals surface area contributed by atoms with Gasteiger partial charge in [-0.1, -0.05) is 74.5 Å². The maximum absolute atomic E-state index is 6.37. The summed E-state index contributed by atoms with van der Waals surface area (Å²) in [6.45, 7) is 5.22. The highest BCUT2D eigenvalue weighted by atomic mass is 14.9. The van der Waals surface area contributed by atoms with Gasteiger partial charge < -0.3 is 16.8 Å². The molecule has 5 N–H and O–H groups in total. The highest BCUT2D eigenvalue weighted by Crippen LogP contribution is 2.12. The van der Waals surface area contributed by atoms with E-state index in [9.17, 15) is 0 Å². The second-order valence-electron chi connectivity index (χ2n) is 8.40. The van der Waals surface area contributed by atoms with E-state index < -0.39 is 0 Å². The van der Waals surface area contributed by atoms with Gasteiger partial charge >= 0.3 is 0 Å². The molecule has 154 valence electrons. The second kappa shape index (κ2) is 12.7. The molecule has 2 rings (SSSR count). The van der Waals surface area contributed by atoms with Crippen molar-refractivity contribution < 1.29 is 0 Å². The lowest BCUT2D eigenvalue weighted by molar-refractivity contribution is 0.394. The molecule has 0 saturated heterocycles. The minimum atomic E-state index is 0.167. The number of hydrogen-bond donors (Lipinski definition) is 3. The molecule has 0 radical (unpaired) electrons. The average molecular weight is 382 g/mol. The molecule has 0 amide bonds. The molecule has 0 aliphatic carbocycles. The molecule has 0 fully saturated rings. The molecular formula is C25H39N3. The fourth-order valence-corrected chi connectivity index (χ4v) is 3.48. The van der Waals surface area contributed by atoms with Gasteiger partial charge in [-0.05, 0) is 55.6 Å². The van der Waals surface area contributed by atoms with Gasteiger partial charge in [-0.15, -0.1) is 0 Å². The molecule has 2 aromatic carbocycles. The van der Waals surface area contributed by atoms with Crippen molar-refractivity contribution in [3.63, 3.8) is 0 Å². The average Bonchev–Trinajstić information content (AvgIpc) is 2.72. The molecule has 0 saturated carbocycles. The van der Waals surface area contributed by atoms with Crippen LogP contribution < -0.4 is 16.8 Å². The van der Waals surface area contributed by atoms with Gasteiger partial charge in [-0.3, -0.25) is 0 Å². The number of hydrogen-bond acceptors (Lipinski definition) is 3. The third kappa shape index (κ3) is 9.01. The van der Waals surface area contributed by atoms with Crippen LogP contribution in [-0.4, -0.2) is 24.7 Å². The first kappa shape index (κ1) is 22.6. The Bertz CT molecular complexity index is 583. The molecule has 3 nitrogen and oxygen atoms in total. The minimum absolute atomic E-state index is 0.167. The smallest absolute Gasteiger partial charge is 0.0165 e. The molecule has 2 atom stereocenters. The Morgan fingerprint density at radius 3 is 1.68 bits per heavy atom. The summed E-state index contributed by atoms with van der Waals surface area (Å²) in [7, 11) is 0.